The Morgan fingerprint density at radius 3 is 2.75 bits per heavy atom. The predicted molar refractivity (Wildman–Crippen MR) is 101 cm³/mol. The Bertz CT molecular complexity index is 484. The molecular formula is C19H33N5. The standard InChI is InChI=1S/C19H33N5/c1-2-3-12-23-15-8-9-17(23)16-21-19-20-11-10-18(22-19)24-13-6-4-5-7-14-24/h10-11,17H,2-9,12-16H2,1H3,(H,20,21,22). The summed E-state index contributed by atoms with van der Waals surface area (Å²) < 4.78 is 0. The first kappa shape index (κ1) is 17.5. The van der Waals surface area contributed by atoms with E-state index in [1.54, 1.807) is 0 Å². The molecule has 2 fully saturated rings. The molecule has 0 radical (unpaired) electrons. The second kappa shape index (κ2) is 9.21. The molecule has 0 aliphatic carbocycles. The maximum Gasteiger partial charge on any atom is 0.224 e. The second-order valence-electron chi connectivity index (χ2n) is 7.21. The van der Waals surface area contributed by atoms with Crippen molar-refractivity contribution in [1.29, 1.82) is 0 Å². The molecule has 24 heavy (non-hydrogen) atoms. The van der Waals surface area contributed by atoms with E-state index in [-0.39, 0.29) is 0 Å². The fourth-order valence-corrected chi connectivity index (χ4v) is 3.90. The molecule has 0 spiro atoms. The van der Waals surface area contributed by atoms with Crippen LogP contribution in [0, 0.1) is 0 Å². The molecule has 0 aromatic carbocycles. The van der Waals surface area contributed by atoms with Gasteiger partial charge in [-0.05, 0) is 51.3 Å². The van der Waals surface area contributed by atoms with Gasteiger partial charge in [-0.2, -0.15) is 4.98 Å². The maximum absolute atomic E-state index is 4.77. The van der Waals surface area contributed by atoms with Gasteiger partial charge in [-0.3, -0.25) is 4.90 Å². The molecule has 2 saturated heterocycles. The Hall–Kier alpha value is -1.36. The van der Waals surface area contributed by atoms with Crippen LogP contribution in [0.2, 0.25) is 0 Å². The number of anilines is 2. The van der Waals surface area contributed by atoms with Gasteiger partial charge < -0.3 is 10.2 Å². The first-order valence-electron chi connectivity index (χ1n) is 9.92. The van der Waals surface area contributed by atoms with Gasteiger partial charge in [-0.25, -0.2) is 4.98 Å². The monoisotopic (exact) mass is 331 g/mol. The summed E-state index contributed by atoms with van der Waals surface area (Å²) in [5, 5.41) is 3.50. The first-order chi connectivity index (χ1) is 11.9. The van der Waals surface area contributed by atoms with Crippen molar-refractivity contribution >= 4 is 11.8 Å². The van der Waals surface area contributed by atoms with Crippen molar-refractivity contribution in [3.05, 3.63) is 12.3 Å². The van der Waals surface area contributed by atoms with Crippen molar-refractivity contribution < 1.29 is 0 Å². The number of unbranched alkanes of at least 4 members (excludes halogenated alkanes) is 1. The molecule has 1 N–H and O–H groups in total. The number of hydrogen-bond donors (Lipinski definition) is 1. The normalized spacial score (nSPS) is 22.5. The summed E-state index contributed by atoms with van der Waals surface area (Å²) in [4.78, 5) is 14.3. The highest BCUT2D eigenvalue weighted by atomic mass is 15.2. The lowest BCUT2D eigenvalue weighted by Gasteiger charge is -2.25. The van der Waals surface area contributed by atoms with Crippen LogP contribution in [-0.4, -0.2) is 53.6 Å². The van der Waals surface area contributed by atoms with Crippen LogP contribution in [-0.2, 0) is 0 Å². The number of likely N-dealkylation sites (tertiary alicyclic amines) is 1. The van der Waals surface area contributed by atoms with E-state index in [0.717, 1.165) is 31.4 Å². The molecule has 1 aromatic heterocycles. The van der Waals surface area contributed by atoms with E-state index in [0.29, 0.717) is 6.04 Å². The lowest BCUT2D eigenvalue weighted by molar-refractivity contribution is 0.258. The summed E-state index contributed by atoms with van der Waals surface area (Å²) in [5.74, 6) is 1.88. The average Bonchev–Trinajstić information content (AvgIpc) is 2.88. The van der Waals surface area contributed by atoms with Crippen LogP contribution in [0.1, 0.15) is 58.3 Å². The van der Waals surface area contributed by atoms with Gasteiger partial charge in [-0.1, -0.05) is 26.2 Å². The van der Waals surface area contributed by atoms with E-state index in [1.807, 2.05) is 6.20 Å². The molecule has 5 nitrogen and oxygen atoms in total. The summed E-state index contributed by atoms with van der Waals surface area (Å²) >= 11 is 0. The van der Waals surface area contributed by atoms with Crippen molar-refractivity contribution in [2.45, 2.75) is 64.3 Å². The summed E-state index contributed by atoms with van der Waals surface area (Å²) in [6, 6.07) is 2.70. The molecule has 3 rings (SSSR count). The molecule has 134 valence electrons. The van der Waals surface area contributed by atoms with Crippen molar-refractivity contribution in [3.8, 4) is 0 Å². The highest BCUT2D eigenvalue weighted by molar-refractivity contribution is 5.42. The van der Waals surface area contributed by atoms with Crippen LogP contribution < -0.4 is 10.2 Å². The molecule has 1 aromatic rings. The van der Waals surface area contributed by atoms with Gasteiger partial charge in [0.1, 0.15) is 5.82 Å². The van der Waals surface area contributed by atoms with E-state index < -0.39 is 0 Å². The van der Waals surface area contributed by atoms with E-state index in [4.69, 9.17) is 4.98 Å². The predicted octanol–water partition coefficient (Wildman–Crippen LogP) is 3.53. The van der Waals surface area contributed by atoms with Crippen molar-refractivity contribution in [3.63, 3.8) is 0 Å². The van der Waals surface area contributed by atoms with Gasteiger partial charge in [0.15, 0.2) is 0 Å². The van der Waals surface area contributed by atoms with E-state index in [1.165, 1.54) is 64.5 Å². The minimum Gasteiger partial charge on any atom is -0.356 e. The van der Waals surface area contributed by atoms with Gasteiger partial charge in [-0.15, -0.1) is 0 Å². The van der Waals surface area contributed by atoms with Crippen molar-refractivity contribution in [2.24, 2.45) is 0 Å². The SMILES string of the molecule is CCCCN1CCCC1CNc1nccc(N2CCCCCC2)n1. The smallest absolute Gasteiger partial charge is 0.224 e. The number of aromatic nitrogens is 2. The van der Waals surface area contributed by atoms with E-state index in [2.05, 4.69) is 33.1 Å². The van der Waals surface area contributed by atoms with Gasteiger partial charge >= 0.3 is 0 Å². The summed E-state index contributed by atoms with van der Waals surface area (Å²) in [7, 11) is 0. The Morgan fingerprint density at radius 2 is 1.96 bits per heavy atom. The first-order valence-corrected chi connectivity index (χ1v) is 9.92. The van der Waals surface area contributed by atoms with Crippen LogP contribution in [0.4, 0.5) is 11.8 Å². The zero-order valence-electron chi connectivity index (χ0n) is 15.2. The average molecular weight is 332 g/mol. The molecule has 3 heterocycles. The van der Waals surface area contributed by atoms with Crippen LogP contribution in [0.25, 0.3) is 0 Å². The lowest BCUT2D eigenvalue weighted by atomic mass is 10.2. The minimum atomic E-state index is 0.641. The summed E-state index contributed by atoms with van der Waals surface area (Å²) in [5.41, 5.74) is 0. The topological polar surface area (TPSA) is 44.3 Å². The zero-order valence-corrected chi connectivity index (χ0v) is 15.2. The van der Waals surface area contributed by atoms with Crippen LogP contribution in [0.15, 0.2) is 12.3 Å². The number of hydrogen-bond acceptors (Lipinski definition) is 5. The Morgan fingerprint density at radius 1 is 1.12 bits per heavy atom. The number of nitrogens with one attached hydrogen (secondary N) is 1. The summed E-state index contributed by atoms with van der Waals surface area (Å²) in [6.45, 7) is 7.98. The highest BCUT2D eigenvalue weighted by Crippen LogP contribution is 2.20. The number of rotatable bonds is 7. The number of nitrogens with zero attached hydrogens (tertiary/aromatic N) is 4. The van der Waals surface area contributed by atoms with E-state index >= 15 is 0 Å². The zero-order chi connectivity index (χ0) is 16.6. The molecule has 2 aliphatic rings. The summed E-state index contributed by atoms with van der Waals surface area (Å²) in [6.07, 6.45) is 12.4. The van der Waals surface area contributed by atoms with Gasteiger partial charge in [0.05, 0.1) is 0 Å². The molecule has 5 heteroatoms. The fourth-order valence-electron chi connectivity index (χ4n) is 3.90. The molecular weight excluding hydrogens is 298 g/mol. The van der Waals surface area contributed by atoms with E-state index in [9.17, 15) is 0 Å². The molecule has 1 atom stereocenters. The van der Waals surface area contributed by atoms with Gasteiger partial charge in [0.25, 0.3) is 0 Å². The molecule has 2 aliphatic heterocycles. The van der Waals surface area contributed by atoms with Crippen LogP contribution in [0.5, 0.6) is 0 Å². The maximum atomic E-state index is 4.77. The van der Waals surface area contributed by atoms with Gasteiger partial charge in [0.2, 0.25) is 5.95 Å². The Kier molecular flexibility index (Phi) is 6.70. The van der Waals surface area contributed by atoms with Crippen molar-refractivity contribution in [2.75, 3.05) is 42.9 Å². The lowest BCUT2D eigenvalue weighted by Crippen LogP contribution is -2.36. The highest BCUT2D eigenvalue weighted by Gasteiger charge is 2.23. The van der Waals surface area contributed by atoms with Crippen molar-refractivity contribution in [1.82, 2.24) is 14.9 Å². The minimum absolute atomic E-state index is 0.641. The third-order valence-electron chi connectivity index (χ3n) is 5.36. The van der Waals surface area contributed by atoms with Crippen LogP contribution in [0.3, 0.4) is 0 Å². The molecule has 0 bridgehead atoms. The second-order valence-corrected chi connectivity index (χ2v) is 7.21. The third kappa shape index (κ3) is 4.82. The Labute approximate surface area is 146 Å². The largest absolute Gasteiger partial charge is 0.356 e. The van der Waals surface area contributed by atoms with Crippen LogP contribution >= 0.6 is 0 Å². The quantitative estimate of drug-likeness (QED) is 0.828. The molecule has 1 unspecified atom stereocenters. The molecule has 0 amide bonds. The fraction of sp³-hybridized carbons (Fsp3) is 0.789. The molecule has 0 saturated carbocycles. The Balaban J connectivity index is 1.54. The third-order valence-corrected chi connectivity index (χ3v) is 5.36. The van der Waals surface area contributed by atoms with Gasteiger partial charge in [0, 0.05) is 31.9 Å².